The summed E-state index contributed by atoms with van der Waals surface area (Å²) in [6.45, 7) is 19.1. The summed E-state index contributed by atoms with van der Waals surface area (Å²) in [4.78, 5) is 88.1. The van der Waals surface area contributed by atoms with Crippen LogP contribution in [0.3, 0.4) is 0 Å². The number of sulfonamides is 1. The second-order valence-corrected chi connectivity index (χ2v) is 20.7. The Balaban J connectivity index is 1.29. The number of amides is 5. The van der Waals surface area contributed by atoms with Gasteiger partial charge in [-0.3, -0.25) is 28.7 Å². The summed E-state index contributed by atoms with van der Waals surface area (Å²) < 4.78 is 27.7. The van der Waals surface area contributed by atoms with Crippen LogP contribution in [0.5, 0.6) is 0 Å². The Morgan fingerprint density at radius 1 is 0.962 bits per heavy atom. The average molecular weight is 758 g/mol. The molecule has 53 heavy (non-hydrogen) atoms. The van der Waals surface area contributed by atoms with E-state index in [2.05, 4.69) is 51.1 Å². The highest BCUT2D eigenvalue weighted by molar-refractivity contribution is 7.91. The fourth-order valence-electron chi connectivity index (χ4n) is 9.46. The lowest BCUT2D eigenvalue weighted by atomic mass is 9.73. The standard InChI is InChI=1S/C37H55N7O8S/c1-10-20-16-37(20,30(49)43-53(51,52)21-12-13-21)42-27(46)23-17-36(34(8,9)35(36)14-11-15-35)19-44(23)29(48)25(33(5,6)7)41-28(47)24(32(2,3)4)40-26(45)22-18-38-31(50)39-22/h10,18,20-21,23-25H,1,11-17,19H2,2-9H3,(H,40,45)(H,41,47)(H,42,46)(H,43,49)(H2,38,39,50)/t20-,23+,24-,25-,36-,37-/m1/s1. The van der Waals surface area contributed by atoms with Crippen LogP contribution in [0.25, 0.3) is 0 Å². The summed E-state index contributed by atoms with van der Waals surface area (Å²) >= 11 is 0. The zero-order valence-corrected chi connectivity index (χ0v) is 32.8. The molecule has 1 aliphatic heterocycles. The molecule has 6 N–H and O–H groups in total. The number of nitrogens with zero attached hydrogens (tertiary/aromatic N) is 1. The van der Waals surface area contributed by atoms with E-state index < -0.39 is 90.9 Å². The molecule has 1 aromatic rings. The number of H-pyrrole nitrogens is 2. The van der Waals surface area contributed by atoms with Gasteiger partial charge < -0.3 is 30.8 Å². The summed E-state index contributed by atoms with van der Waals surface area (Å²) in [5, 5.41) is 7.87. The fraction of sp³-hybridized carbons (Fsp3) is 0.730. The predicted octanol–water partition coefficient (Wildman–Crippen LogP) is 1.85. The Morgan fingerprint density at radius 3 is 2.04 bits per heavy atom. The van der Waals surface area contributed by atoms with Crippen molar-refractivity contribution in [3.63, 3.8) is 0 Å². The molecule has 5 amide bonds. The van der Waals surface area contributed by atoms with Gasteiger partial charge in [0, 0.05) is 24.1 Å². The molecule has 5 fully saturated rings. The number of aromatic nitrogens is 2. The Bertz CT molecular complexity index is 1910. The number of fused-ring (bicyclic) bond motifs is 1. The molecule has 2 spiro atoms. The maximum atomic E-state index is 14.9. The third kappa shape index (κ3) is 6.21. The molecule has 5 aliphatic rings. The zero-order valence-electron chi connectivity index (χ0n) is 32.0. The largest absolute Gasteiger partial charge is 0.342 e. The van der Waals surface area contributed by atoms with Crippen LogP contribution in [0.15, 0.2) is 23.6 Å². The van der Waals surface area contributed by atoms with Gasteiger partial charge in [-0.05, 0) is 60.2 Å². The Kier molecular flexibility index (Phi) is 8.99. The first-order valence-corrected chi connectivity index (χ1v) is 20.1. The monoisotopic (exact) mass is 757 g/mol. The smallest absolute Gasteiger partial charge is 0.323 e. The lowest BCUT2D eigenvalue weighted by molar-refractivity contribution is -0.145. The van der Waals surface area contributed by atoms with Gasteiger partial charge in [0.2, 0.25) is 27.7 Å². The quantitative estimate of drug-likeness (QED) is 0.183. The van der Waals surface area contributed by atoms with E-state index in [0.717, 1.165) is 19.3 Å². The van der Waals surface area contributed by atoms with Crippen molar-refractivity contribution >= 4 is 39.6 Å². The van der Waals surface area contributed by atoms with Crippen LogP contribution in [-0.2, 0) is 29.2 Å². The number of carbonyl (C=O) groups excluding carboxylic acids is 5. The lowest BCUT2D eigenvalue weighted by Gasteiger charge is -2.38. The predicted molar refractivity (Wildman–Crippen MR) is 195 cm³/mol. The number of aromatic amines is 2. The van der Waals surface area contributed by atoms with Crippen LogP contribution < -0.4 is 26.4 Å². The second-order valence-electron chi connectivity index (χ2n) is 18.7. The van der Waals surface area contributed by atoms with Crippen molar-refractivity contribution in [2.24, 2.45) is 33.0 Å². The van der Waals surface area contributed by atoms with Gasteiger partial charge in [0.25, 0.3) is 11.8 Å². The number of nitrogens with one attached hydrogen (secondary N) is 6. The van der Waals surface area contributed by atoms with E-state index in [1.807, 2.05) is 0 Å². The van der Waals surface area contributed by atoms with Crippen molar-refractivity contribution in [1.29, 1.82) is 0 Å². The minimum Gasteiger partial charge on any atom is -0.342 e. The van der Waals surface area contributed by atoms with E-state index in [4.69, 9.17) is 0 Å². The second kappa shape index (κ2) is 12.3. The molecule has 4 saturated carbocycles. The molecule has 1 saturated heterocycles. The maximum absolute atomic E-state index is 14.9. The summed E-state index contributed by atoms with van der Waals surface area (Å²) in [5.41, 5.74) is -4.41. The first kappa shape index (κ1) is 38.8. The van der Waals surface area contributed by atoms with Crippen LogP contribution in [-0.4, -0.2) is 88.3 Å². The summed E-state index contributed by atoms with van der Waals surface area (Å²) in [6, 6.07) is -3.24. The van der Waals surface area contributed by atoms with E-state index in [1.54, 1.807) is 46.4 Å². The van der Waals surface area contributed by atoms with Crippen LogP contribution >= 0.6 is 0 Å². The van der Waals surface area contributed by atoms with E-state index in [1.165, 1.54) is 12.3 Å². The highest BCUT2D eigenvalue weighted by atomic mass is 32.2. The van der Waals surface area contributed by atoms with E-state index >= 15 is 0 Å². The van der Waals surface area contributed by atoms with Gasteiger partial charge in [0.1, 0.15) is 29.4 Å². The van der Waals surface area contributed by atoms with Gasteiger partial charge >= 0.3 is 5.69 Å². The van der Waals surface area contributed by atoms with Crippen LogP contribution in [0, 0.1) is 33.0 Å². The average Bonchev–Trinajstić information content (AvgIpc) is 3.95. The van der Waals surface area contributed by atoms with E-state index in [-0.39, 0.29) is 34.9 Å². The van der Waals surface area contributed by atoms with Crippen LogP contribution in [0.4, 0.5) is 0 Å². The highest BCUT2D eigenvalue weighted by Gasteiger charge is 2.85. The van der Waals surface area contributed by atoms with Crippen molar-refractivity contribution in [3.8, 4) is 0 Å². The SMILES string of the molecule is C=C[C@@H]1C[C@]1(NC(=O)[C@@H]1C[C@@]2(CN1C(=O)[C@@H](NC(=O)[C@@H](NC(=O)c1c[nH]c(=O)[nH]1)C(C)(C)C)C(C)(C)C)C(C)(C)C21CCC1)C(=O)NS(=O)(=O)C1CC1. The van der Waals surface area contributed by atoms with Gasteiger partial charge in [-0.25, -0.2) is 13.2 Å². The van der Waals surface area contributed by atoms with Gasteiger partial charge in [0.05, 0.1) is 5.25 Å². The summed E-state index contributed by atoms with van der Waals surface area (Å²) in [7, 11) is -3.89. The number of rotatable bonds is 11. The number of carbonyl (C=O) groups is 5. The summed E-state index contributed by atoms with van der Waals surface area (Å²) in [5.74, 6) is -3.64. The molecule has 1 aromatic heterocycles. The first-order valence-electron chi connectivity index (χ1n) is 18.6. The van der Waals surface area contributed by atoms with Crippen molar-refractivity contribution in [3.05, 3.63) is 35.0 Å². The minimum absolute atomic E-state index is 0.0501. The number of likely N-dealkylation sites (tertiary alicyclic amines) is 1. The molecule has 292 valence electrons. The number of imidazole rings is 1. The van der Waals surface area contributed by atoms with Crippen molar-refractivity contribution in [2.45, 2.75) is 129 Å². The highest BCUT2D eigenvalue weighted by Crippen LogP contribution is 2.88. The fourth-order valence-corrected chi connectivity index (χ4v) is 10.8. The third-order valence-corrected chi connectivity index (χ3v) is 15.1. The van der Waals surface area contributed by atoms with Gasteiger partial charge in [-0.2, -0.15) is 0 Å². The molecule has 6 atom stereocenters. The third-order valence-electron chi connectivity index (χ3n) is 13.3. The molecule has 4 aliphatic carbocycles. The number of hydrogen-bond donors (Lipinski definition) is 6. The Morgan fingerprint density at radius 2 is 1.58 bits per heavy atom. The maximum Gasteiger partial charge on any atom is 0.323 e. The molecule has 16 heteroatoms. The van der Waals surface area contributed by atoms with Crippen LogP contribution in [0.2, 0.25) is 0 Å². The summed E-state index contributed by atoms with van der Waals surface area (Å²) in [6.07, 6.45) is 7.19. The minimum atomic E-state index is -3.89. The van der Waals surface area contributed by atoms with Crippen LogP contribution in [0.1, 0.15) is 111 Å². The van der Waals surface area contributed by atoms with Gasteiger partial charge in [-0.15, -0.1) is 6.58 Å². The first-order chi connectivity index (χ1) is 24.4. The Labute approximate surface area is 310 Å². The van der Waals surface area contributed by atoms with Gasteiger partial charge in [-0.1, -0.05) is 67.9 Å². The topological polar surface area (TPSA) is 219 Å². The van der Waals surface area contributed by atoms with E-state index in [0.29, 0.717) is 19.3 Å². The van der Waals surface area contributed by atoms with Gasteiger partial charge in [0.15, 0.2) is 0 Å². The normalized spacial score (nSPS) is 29.4. The van der Waals surface area contributed by atoms with E-state index in [9.17, 15) is 37.2 Å². The Hall–Kier alpha value is -3.95. The molecule has 6 rings (SSSR count). The molecule has 0 aromatic carbocycles. The molecule has 15 nitrogen and oxygen atoms in total. The zero-order chi connectivity index (χ0) is 39.3. The van der Waals surface area contributed by atoms with Crippen molar-refractivity contribution in [1.82, 2.24) is 35.5 Å². The number of hydrogen-bond acceptors (Lipinski definition) is 8. The molecule has 2 heterocycles. The molecule has 0 bridgehead atoms. The lowest BCUT2D eigenvalue weighted by Crippen LogP contribution is -2.63. The van der Waals surface area contributed by atoms with Crippen molar-refractivity contribution in [2.75, 3.05) is 6.54 Å². The molecule has 0 unspecified atom stereocenters. The van der Waals surface area contributed by atoms with Crippen molar-refractivity contribution < 1.29 is 32.4 Å². The molecular weight excluding hydrogens is 703 g/mol. The molecular formula is C37H55N7O8S. The molecule has 0 radical (unpaired) electrons.